The third-order valence-corrected chi connectivity index (χ3v) is 4.98. The van der Waals surface area contributed by atoms with Crippen LogP contribution in [0.1, 0.15) is 18.4 Å². The topological polar surface area (TPSA) is 55.4 Å². The molecule has 1 aromatic carbocycles. The van der Waals surface area contributed by atoms with Crippen molar-refractivity contribution in [2.45, 2.75) is 19.8 Å². The maximum absolute atomic E-state index is 12.1. The number of hydrogen-bond acceptors (Lipinski definition) is 3. The Morgan fingerprint density at radius 2 is 2.14 bits per heavy atom. The van der Waals surface area contributed by atoms with E-state index in [4.69, 9.17) is 4.74 Å². The zero-order valence-corrected chi connectivity index (χ0v) is 13.9. The van der Waals surface area contributed by atoms with Gasteiger partial charge in [-0.2, -0.15) is 0 Å². The van der Waals surface area contributed by atoms with Crippen molar-refractivity contribution in [2.75, 3.05) is 11.9 Å². The van der Waals surface area contributed by atoms with Gasteiger partial charge in [0.2, 0.25) is 0 Å². The molecule has 3 atom stereocenters. The van der Waals surface area contributed by atoms with Crippen LogP contribution >= 0.6 is 15.9 Å². The Kier molecular flexibility index (Phi) is 4.34. The van der Waals surface area contributed by atoms with Crippen LogP contribution in [0, 0.1) is 24.7 Å². The lowest BCUT2D eigenvalue weighted by Crippen LogP contribution is -2.26. The molecule has 0 radical (unpaired) electrons. The molecule has 1 fully saturated rings. The van der Waals surface area contributed by atoms with Crippen molar-refractivity contribution >= 4 is 33.5 Å². The van der Waals surface area contributed by atoms with Gasteiger partial charge in [-0.25, -0.2) is 0 Å². The first kappa shape index (κ1) is 15.3. The number of benzene rings is 1. The molecule has 1 aromatic rings. The highest BCUT2D eigenvalue weighted by Crippen LogP contribution is 2.43. The second kappa shape index (κ2) is 6.24. The summed E-state index contributed by atoms with van der Waals surface area (Å²) in [6, 6.07) is 5.65. The third-order valence-electron chi connectivity index (χ3n) is 4.33. The second-order valence-corrected chi connectivity index (χ2v) is 6.88. The number of carbonyl (C=O) groups excluding carboxylic acids is 2. The van der Waals surface area contributed by atoms with Crippen LogP contribution in [0.2, 0.25) is 0 Å². The maximum Gasteiger partial charge on any atom is 0.310 e. The Balaban J connectivity index is 1.50. The first-order chi connectivity index (χ1) is 10.5. The molecule has 2 aliphatic carbocycles. The summed E-state index contributed by atoms with van der Waals surface area (Å²) in [6.45, 7) is 1.73. The minimum absolute atomic E-state index is 0.0751. The van der Waals surface area contributed by atoms with E-state index in [0.29, 0.717) is 17.5 Å². The fourth-order valence-corrected chi connectivity index (χ4v) is 3.80. The lowest BCUT2D eigenvalue weighted by molar-refractivity contribution is -0.152. The summed E-state index contributed by atoms with van der Waals surface area (Å²) in [4.78, 5) is 24.0. The number of nitrogens with one attached hydrogen (secondary N) is 1. The molecule has 4 nitrogen and oxygen atoms in total. The highest BCUT2D eigenvalue weighted by Gasteiger charge is 2.40. The summed E-state index contributed by atoms with van der Waals surface area (Å²) in [5.41, 5.74) is 1.77. The normalized spacial score (nSPS) is 25.3. The van der Waals surface area contributed by atoms with Gasteiger partial charge in [-0.15, -0.1) is 0 Å². The molecule has 1 N–H and O–H groups in total. The van der Waals surface area contributed by atoms with Gasteiger partial charge in [-0.05, 0) is 65.2 Å². The molecule has 1 saturated carbocycles. The summed E-state index contributed by atoms with van der Waals surface area (Å²) in [7, 11) is 0. The Morgan fingerprint density at radius 3 is 2.77 bits per heavy atom. The quantitative estimate of drug-likeness (QED) is 0.658. The minimum Gasteiger partial charge on any atom is -0.455 e. The van der Waals surface area contributed by atoms with Crippen molar-refractivity contribution in [2.24, 2.45) is 17.8 Å². The van der Waals surface area contributed by atoms with Crippen molar-refractivity contribution < 1.29 is 14.3 Å². The molecule has 3 rings (SSSR count). The number of carbonyl (C=O) groups is 2. The van der Waals surface area contributed by atoms with Crippen LogP contribution in [-0.2, 0) is 14.3 Å². The van der Waals surface area contributed by atoms with E-state index in [1.54, 1.807) is 0 Å². The van der Waals surface area contributed by atoms with Gasteiger partial charge in [-0.1, -0.05) is 18.2 Å². The molecular formula is C17H18BrNO3. The molecular weight excluding hydrogens is 346 g/mol. The van der Waals surface area contributed by atoms with E-state index in [1.165, 1.54) is 0 Å². The molecule has 3 unspecified atom stereocenters. The first-order valence-corrected chi connectivity index (χ1v) is 8.23. The molecule has 0 heterocycles. The molecule has 1 amide bonds. The van der Waals surface area contributed by atoms with Crippen molar-refractivity contribution in [3.63, 3.8) is 0 Å². The second-order valence-electron chi connectivity index (χ2n) is 6.03. The van der Waals surface area contributed by atoms with E-state index < -0.39 is 0 Å². The number of ether oxygens (including phenoxy) is 1. The largest absolute Gasteiger partial charge is 0.455 e. The Morgan fingerprint density at radius 1 is 1.32 bits per heavy atom. The summed E-state index contributed by atoms with van der Waals surface area (Å²) < 4.78 is 5.99. The first-order valence-electron chi connectivity index (χ1n) is 7.44. The molecule has 22 heavy (non-hydrogen) atoms. The smallest absolute Gasteiger partial charge is 0.310 e. The number of anilines is 1. The van der Waals surface area contributed by atoms with Crippen LogP contribution < -0.4 is 5.32 Å². The van der Waals surface area contributed by atoms with E-state index in [1.807, 2.05) is 25.1 Å². The number of amides is 1. The molecule has 2 aliphatic rings. The average Bonchev–Trinajstić information content (AvgIpc) is 3.10. The summed E-state index contributed by atoms with van der Waals surface area (Å²) in [6.07, 6.45) is 6.17. The van der Waals surface area contributed by atoms with Crippen molar-refractivity contribution in [3.05, 3.63) is 40.4 Å². The van der Waals surface area contributed by atoms with E-state index in [9.17, 15) is 9.59 Å². The fraction of sp³-hybridized carbons (Fsp3) is 0.412. The van der Waals surface area contributed by atoms with Gasteiger partial charge in [-0.3, -0.25) is 9.59 Å². The number of rotatable bonds is 4. The number of hydrogen-bond donors (Lipinski definition) is 1. The minimum atomic E-state index is -0.323. The van der Waals surface area contributed by atoms with Crippen LogP contribution in [0.15, 0.2) is 34.8 Å². The zero-order chi connectivity index (χ0) is 15.7. The van der Waals surface area contributed by atoms with Gasteiger partial charge in [0.05, 0.1) is 11.6 Å². The summed E-state index contributed by atoms with van der Waals surface area (Å²) in [5, 5.41) is 2.74. The Labute approximate surface area is 138 Å². The van der Waals surface area contributed by atoms with Crippen molar-refractivity contribution in [1.82, 2.24) is 0 Å². The fourth-order valence-electron chi connectivity index (χ4n) is 3.20. The average molecular weight is 364 g/mol. The van der Waals surface area contributed by atoms with Gasteiger partial charge in [0.1, 0.15) is 0 Å². The van der Waals surface area contributed by atoms with Crippen LogP contribution in [0.5, 0.6) is 0 Å². The molecule has 116 valence electrons. The van der Waals surface area contributed by atoms with Gasteiger partial charge < -0.3 is 10.1 Å². The highest BCUT2D eigenvalue weighted by atomic mass is 79.9. The lowest BCUT2D eigenvalue weighted by Gasteiger charge is -2.16. The molecule has 5 heteroatoms. The van der Waals surface area contributed by atoms with Crippen molar-refractivity contribution in [3.8, 4) is 0 Å². The van der Waals surface area contributed by atoms with Gasteiger partial charge in [0, 0.05) is 4.47 Å². The Hall–Kier alpha value is -1.62. The molecule has 0 spiro atoms. The number of halogens is 1. The molecule has 0 aliphatic heterocycles. The number of allylic oxidation sites excluding steroid dienone is 2. The van der Waals surface area contributed by atoms with Crippen LogP contribution in [0.3, 0.4) is 0 Å². The predicted octanol–water partition coefficient (Wildman–Crippen LogP) is 3.45. The van der Waals surface area contributed by atoms with Crippen LogP contribution in [-0.4, -0.2) is 18.5 Å². The van der Waals surface area contributed by atoms with Gasteiger partial charge in [0.25, 0.3) is 5.91 Å². The molecule has 0 saturated heterocycles. The Bertz CT molecular complexity index is 641. The maximum atomic E-state index is 12.1. The summed E-state index contributed by atoms with van der Waals surface area (Å²) >= 11 is 3.40. The zero-order valence-electron chi connectivity index (χ0n) is 12.3. The third kappa shape index (κ3) is 3.24. The van der Waals surface area contributed by atoms with E-state index in [-0.39, 0.29) is 24.4 Å². The SMILES string of the molecule is Cc1ccc(NC(=O)COC(=O)C2CC3C=CC2C3)c(Br)c1. The highest BCUT2D eigenvalue weighted by molar-refractivity contribution is 9.10. The van der Waals surface area contributed by atoms with Gasteiger partial charge in [0.15, 0.2) is 6.61 Å². The number of aryl methyl sites for hydroxylation is 1. The lowest BCUT2D eigenvalue weighted by atomic mass is 9.94. The standard InChI is InChI=1S/C17H18BrNO3/c1-10-2-5-15(14(18)6-10)19-16(20)9-22-17(21)13-8-11-3-4-12(13)7-11/h2-6,11-13H,7-9H2,1H3,(H,19,20). The van der Waals surface area contributed by atoms with Crippen molar-refractivity contribution in [1.29, 1.82) is 0 Å². The summed E-state index contributed by atoms with van der Waals surface area (Å²) in [5.74, 6) is 0.159. The van der Waals surface area contributed by atoms with Crippen LogP contribution in [0.25, 0.3) is 0 Å². The van der Waals surface area contributed by atoms with E-state index in [0.717, 1.165) is 22.9 Å². The number of fused-ring (bicyclic) bond motifs is 2. The van der Waals surface area contributed by atoms with E-state index >= 15 is 0 Å². The predicted molar refractivity (Wildman–Crippen MR) is 87.3 cm³/mol. The van der Waals surface area contributed by atoms with Gasteiger partial charge >= 0.3 is 5.97 Å². The number of esters is 1. The molecule has 2 bridgehead atoms. The monoisotopic (exact) mass is 363 g/mol. The molecule has 0 aromatic heterocycles. The van der Waals surface area contributed by atoms with Crippen LogP contribution in [0.4, 0.5) is 5.69 Å². The van der Waals surface area contributed by atoms with E-state index in [2.05, 4.69) is 33.4 Å².